The quantitative estimate of drug-likeness (QED) is 0.232. The number of aromatic nitrogens is 1. The maximum atomic E-state index is 13.3. The Morgan fingerprint density at radius 2 is 1.40 bits per heavy atom. The Morgan fingerprint density at radius 3 is 2.20 bits per heavy atom. The predicted octanol–water partition coefficient (Wildman–Crippen LogP) is 3.80. The van der Waals surface area contributed by atoms with E-state index in [1.54, 1.807) is 0 Å². The van der Waals surface area contributed by atoms with E-state index in [0.29, 0.717) is 17.3 Å². The van der Waals surface area contributed by atoms with Crippen LogP contribution in [0.3, 0.4) is 0 Å². The summed E-state index contributed by atoms with van der Waals surface area (Å²) in [7, 11) is 0. The van der Waals surface area contributed by atoms with Crippen LogP contribution in [0, 0.1) is 0 Å². The summed E-state index contributed by atoms with van der Waals surface area (Å²) in [6.07, 6.45) is 3.35. The molecule has 5 heteroatoms. The summed E-state index contributed by atoms with van der Waals surface area (Å²) < 4.78 is 4.09. The van der Waals surface area contributed by atoms with E-state index in [1.807, 2.05) is 12.1 Å². The molecular formula is C25H22N2O2Se. The number of fused-ring (bicyclic) bond motifs is 2. The van der Waals surface area contributed by atoms with Crippen molar-refractivity contribution in [1.82, 2.24) is 9.47 Å². The Morgan fingerprint density at radius 1 is 0.700 bits per heavy atom. The molecule has 0 N–H and O–H groups in total. The second-order valence-corrected chi connectivity index (χ2v) is 10.6. The van der Waals surface area contributed by atoms with Gasteiger partial charge in [0.2, 0.25) is 0 Å². The second-order valence-electron chi connectivity index (χ2n) is 8.28. The number of nitrogens with zero attached hydrogens (tertiary/aromatic N) is 2. The Bertz CT molecular complexity index is 1490. The van der Waals surface area contributed by atoms with Crippen LogP contribution < -0.4 is 11.1 Å². The zero-order valence-electron chi connectivity index (χ0n) is 16.7. The van der Waals surface area contributed by atoms with E-state index in [2.05, 4.69) is 41.3 Å². The number of benzene rings is 3. The van der Waals surface area contributed by atoms with E-state index in [0.717, 1.165) is 42.2 Å². The van der Waals surface area contributed by atoms with Gasteiger partial charge < -0.3 is 0 Å². The van der Waals surface area contributed by atoms with E-state index in [1.165, 1.54) is 31.3 Å². The number of hydrogen-bond donors (Lipinski definition) is 0. The van der Waals surface area contributed by atoms with Crippen LogP contribution in [0.4, 0.5) is 0 Å². The fourth-order valence-corrected chi connectivity index (χ4v) is 7.42. The monoisotopic (exact) mass is 462 g/mol. The number of hydrogen-bond acceptors (Lipinski definition) is 3. The molecule has 0 saturated carbocycles. The van der Waals surface area contributed by atoms with E-state index in [-0.39, 0.29) is 25.6 Å². The van der Waals surface area contributed by atoms with Crippen LogP contribution in [0.2, 0.25) is 0 Å². The number of likely N-dealkylation sites (tertiary alicyclic amines) is 1. The maximum absolute atomic E-state index is 13.3. The van der Waals surface area contributed by atoms with Crippen molar-refractivity contribution in [3.8, 4) is 0 Å². The van der Waals surface area contributed by atoms with Crippen LogP contribution in [0.15, 0.2) is 58.1 Å². The summed E-state index contributed by atoms with van der Waals surface area (Å²) >= 11 is 0.180. The third kappa shape index (κ3) is 2.70. The molecule has 1 fully saturated rings. The molecule has 0 atom stereocenters. The molecule has 0 amide bonds. The molecule has 150 valence electrons. The van der Waals surface area contributed by atoms with Crippen molar-refractivity contribution >= 4 is 55.3 Å². The summed E-state index contributed by atoms with van der Waals surface area (Å²) in [5.41, 5.74) is -0.270. The van der Waals surface area contributed by atoms with Crippen molar-refractivity contribution in [2.75, 3.05) is 19.6 Å². The molecule has 1 aliphatic heterocycles. The molecule has 0 unspecified atom stereocenters. The van der Waals surface area contributed by atoms with Gasteiger partial charge in [-0.2, -0.15) is 0 Å². The van der Waals surface area contributed by atoms with Crippen molar-refractivity contribution in [2.24, 2.45) is 0 Å². The van der Waals surface area contributed by atoms with E-state index < -0.39 is 0 Å². The average molecular weight is 461 g/mol. The van der Waals surface area contributed by atoms with Crippen LogP contribution in [-0.4, -0.2) is 43.6 Å². The Labute approximate surface area is 179 Å². The van der Waals surface area contributed by atoms with E-state index >= 15 is 0 Å². The first-order valence-corrected chi connectivity index (χ1v) is 12.4. The van der Waals surface area contributed by atoms with Crippen molar-refractivity contribution in [3.05, 3.63) is 69.2 Å². The molecule has 1 aliphatic rings. The van der Waals surface area contributed by atoms with Crippen LogP contribution >= 0.6 is 0 Å². The fraction of sp³-hybridized carbons (Fsp3) is 0.280. The average Bonchev–Trinajstić information content (AvgIpc) is 3.29. The molecule has 0 aliphatic carbocycles. The van der Waals surface area contributed by atoms with Gasteiger partial charge in [-0.3, -0.25) is 0 Å². The standard InChI is InChI=1S/C25H22N2O2Se/c28-24-18-9-8-17-16-6-1-2-7-20(16)30-21-11-10-19(22(18)23(17)21)25(29)27(24)15-5-14-26-12-3-4-13-26/h1-2,6-11H,3-5,12-15H2. The van der Waals surface area contributed by atoms with Gasteiger partial charge in [0, 0.05) is 0 Å². The zero-order chi connectivity index (χ0) is 20.2. The molecule has 6 rings (SSSR count). The summed E-state index contributed by atoms with van der Waals surface area (Å²) in [6.45, 7) is 3.72. The molecular weight excluding hydrogens is 439 g/mol. The van der Waals surface area contributed by atoms with Gasteiger partial charge in [-0.25, -0.2) is 0 Å². The van der Waals surface area contributed by atoms with Crippen molar-refractivity contribution in [3.63, 3.8) is 0 Å². The van der Waals surface area contributed by atoms with Gasteiger partial charge in [-0.05, 0) is 0 Å². The Balaban J connectivity index is 1.56. The second kappa shape index (κ2) is 7.05. The predicted molar refractivity (Wildman–Crippen MR) is 125 cm³/mol. The van der Waals surface area contributed by atoms with Gasteiger partial charge >= 0.3 is 179 Å². The summed E-state index contributed by atoms with van der Waals surface area (Å²) in [6, 6.07) is 16.6. The normalized spacial score (nSPS) is 15.3. The van der Waals surface area contributed by atoms with E-state index in [9.17, 15) is 9.59 Å². The third-order valence-electron chi connectivity index (χ3n) is 6.53. The zero-order valence-corrected chi connectivity index (χ0v) is 18.4. The molecule has 0 bridgehead atoms. The fourth-order valence-electron chi connectivity index (χ4n) is 5.07. The van der Waals surface area contributed by atoms with Crippen LogP contribution in [0.5, 0.6) is 0 Å². The van der Waals surface area contributed by atoms with Crippen LogP contribution in [0.1, 0.15) is 19.3 Å². The Hall–Kier alpha value is -2.46. The summed E-state index contributed by atoms with van der Waals surface area (Å²) in [5, 5.41) is 5.73. The van der Waals surface area contributed by atoms with Gasteiger partial charge in [0.1, 0.15) is 0 Å². The first kappa shape index (κ1) is 18.3. The molecule has 2 aromatic heterocycles. The minimum absolute atomic E-state index is 0.135. The van der Waals surface area contributed by atoms with Crippen molar-refractivity contribution in [2.45, 2.75) is 25.8 Å². The van der Waals surface area contributed by atoms with Crippen LogP contribution in [0.25, 0.3) is 40.8 Å². The van der Waals surface area contributed by atoms with E-state index in [4.69, 9.17) is 0 Å². The first-order valence-electron chi connectivity index (χ1n) is 10.7. The summed E-state index contributed by atoms with van der Waals surface area (Å²) in [4.78, 5) is 29.1. The van der Waals surface area contributed by atoms with Gasteiger partial charge in [0.15, 0.2) is 0 Å². The minimum atomic E-state index is -0.135. The molecule has 30 heavy (non-hydrogen) atoms. The molecule has 0 radical (unpaired) electrons. The molecule has 3 heterocycles. The Kier molecular flexibility index (Phi) is 4.31. The van der Waals surface area contributed by atoms with Crippen molar-refractivity contribution in [1.29, 1.82) is 0 Å². The van der Waals surface area contributed by atoms with Crippen molar-refractivity contribution < 1.29 is 0 Å². The molecule has 4 nitrogen and oxygen atoms in total. The number of rotatable bonds is 4. The molecule has 1 saturated heterocycles. The molecule has 0 spiro atoms. The molecule has 5 aromatic rings. The number of pyridine rings is 1. The van der Waals surface area contributed by atoms with Gasteiger partial charge in [-0.1, -0.05) is 0 Å². The molecule has 3 aromatic carbocycles. The summed E-state index contributed by atoms with van der Waals surface area (Å²) in [5.74, 6) is 0. The first-order chi connectivity index (χ1) is 14.7. The van der Waals surface area contributed by atoms with Gasteiger partial charge in [0.25, 0.3) is 0 Å². The SMILES string of the molecule is O=c1c2ccc3[se]c4ccccc4c4ccc(c(=O)n1CCCN1CCCC1)c2c34. The van der Waals surface area contributed by atoms with Crippen LogP contribution in [-0.2, 0) is 6.54 Å². The third-order valence-corrected chi connectivity index (χ3v) is 8.91. The van der Waals surface area contributed by atoms with Gasteiger partial charge in [-0.15, -0.1) is 0 Å². The topological polar surface area (TPSA) is 42.3 Å². The van der Waals surface area contributed by atoms with Gasteiger partial charge in [0.05, 0.1) is 0 Å².